The van der Waals surface area contributed by atoms with Crippen molar-refractivity contribution in [1.29, 1.82) is 0 Å². The van der Waals surface area contributed by atoms with Gasteiger partial charge in [-0.1, -0.05) is 48.0 Å². The Balaban J connectivity index is 0.00000242. The zero-order valence-corrected chi connectivity index (χ0v) is 25.0. The summed E-state index contributed by atoms with van der Waals surface area (Å²) >= 11 is 6.13. The first-order chi connectivity index (χ1) is 15.3. The molecule has 0 aliphatic carbocycles. The first-order valence-corrected chi connectivity index (χ1v) is 19.5. The van der Waals surface area contributed by atoms with E-state index in [1.807, 2.05) is 76.3 Å². The molecule has 182 valence electrons. The second kappa shape index (κ2) is 13.4. The lowest BCUT2D eigenvalue weighted by molar-refractivity contribution is 0.107. The molecule has 0 radical (unpaired) electrons. The highest BCUT2D eigenvalue weighted by Gasteiger charge is 2.44. The van der Waals surface area contributed by atoms with E-state index in [4.69, 9.17) is 15.7 Å². The Hall–Kier alpha value is -1.50. The number of rotatable bonds is 8. The van der Waals surface area contributed by atoms with E-state index in [1.54, 1.807) is 0 Å². The van der Waals surface area contributed by atoms with Crippen molar-refractivity contribution in [2.24, 2.45) is 0 Å². The van der Waals surface area contributed by atoms with E-state index < -0.39 is 23.8 Å². The Kier molecular flexibility index (Phi) is 12.8. The van der Waals surface area contributed by atoms with Crippen molar-refractivity contribution < 1.29 is 13.5 Å². The summed E-state index contributed by atoms with van der Waals surface area (Å²) in [5, 5.41) is 0.610. The number of halogens is 1. The Labute approximate surface area is 208 Å². The van der Waals surface area contributed by atoms with Gasteiger partial charge in [0.15, 0.2) is 23.8 Å². The van der Waals surface area contributed by atoms with Crippen molar-refractivity contribution in [3.05, 3.63) is 91.0 Å². The summed E-state index contributed by atoms with van der Waals surface area (Å²) in [6, 6.07) is 13.2. The zero-order valence-electron chi connectivity index (χ0n) is 21.3. The largest absolute Gasteiger partial charge is 0.454 e. The highest BCUT2D eigenvalue weighted by molar-refractivity contribution is 7.89. The van der Waals surface area contributed by atoms with Gasteiger partial charge in [-0.25, -0.2) is 0 Å². The van der Waals surface area contributed by atoms with Crippen LogP contribution in [-0.2, 0) is 8.68 Å². The van der Waals surface area contributed by atoms with Crippen molar-refractivity contribution in [2.45, 2.75) is 47.0 Å². The number of carbonyl (C=O) groups excluding carboxylic acids is 1. The predicted octanol–water partition coefficient (Wildman–Crippen LogP) is 7.79. The van der Waals surface area contributed by atoms with Gasteiger partial charge in [0.2, 0.25) is 5.52 Å². The lowest BCUT2D eigenvalue weighted by Crippen LogP contribution is -2.49. The molecule has 2 aromatic rings. The number of hydrogen-bond donors (Lipinski definition) is 0. The summed E-state index contributed by atoms with van der Waals surface area (Å²) in [4.78, 5) is 13.8. The summed E-state index contributed by atoms with van der Waals surface area (Å²) < 4.78 is 21.0. The van der Waals surface area contributed by atoms with E-state index in [1.165, 1.54) is 0 Å². The minimum atomic E-state index is -3.39. The van der Waals surface area contributed by atoms with Gasteiger partial charge in [-0.15, -0.1) is 37.9 Å². The Morgan fingerprint density at radius 2 is 1.36 bits per heavy atom. The van der Waals surface area contributed by atoms with Crippen molar-refractivity contribution in [1.82, 2.24) is 0 Å². The van der Waals surface area contributed by atoms with Crippen molar-refractivity contribution in [2.75, 3.05) is 11.3 Å². The minimum absolute atomic E-state index is 0.256. The zero-order chi connectivity index (χ0) is 26.0. The molecule has 7 heteroatoms. The van der Waals surface area contributed by atoms with Gasteiger partial charge >= 0.3 is 0 Å². The summed E-state index contributed by atoms with van der Waals surface area (Å²) in [5.74, 6) is 0.281. The molecule has 1 unspecified atom stereocenters. The average Bonchev–Trinajstić information content (AvgIpc) is 2.75. The molecule has 0 amide bonds. The van der Waals surface area contributed by atoms with E-state index >= 15 is 0 Å². The van der Waals surface area contributed by atoms with E-state index in [2.05, 4.69) is 39.4 Å². The number of aryl methyl sites for hydroxylation is 3. The Bertz CT molecular complexity index is 950. The van der Waals surface area contributed by atoms with Crippen LogP contribution >= 0.6 is 18.7 Å². The maximum Gasteiger partial charge on any atom is 0.226 e. The molecule has 33 heavy (non-hydrogen) atoms. The van der Waals surface area contributed by atoms with Crippen LogP contribution in [0.25, 0.3) is 0 Å². The van der Waals surface area contributed by atoms with E-state index in [9.17, 15) is 9.36 Å². The molecule has 0 bridgehead atoms. The molecule has 0 N–H and O–H groups in total. The standard InChI is InChI=1S/C22H32ClO3PSi2.2C2H4/c1-17-13-18(2)21(19(3)14-17)22(24)27(25,20-11-9-8-10-12-20)16-29(6,7)26-28(4,5)15-23;2*1-2/h8-14H,15-16H2,1-7H3;2*1-2H2. The van der Waals surface area contributed by atoms with Gasteiger partial charge in [0.05, 0.1) is 0 Å². The van der Waals surface area contributed by atoms with E-state index in [0.717, 1.165) is 16.7 Å². The van der Waals surface area contributed by atoms with Gasteiger partial charge in [0, 0.05) is 22.2 Å². The van der Waals surface area contributed by atoms with Crippen LogP contribution in [0.1, 0.15) is 27.0 Å². The first kappa shape index (κ1) is 31.5. The molecule has 3 nitrogen and oxygen atoms in total. The third-order valence-corrected chi connectivity index (χ3v) is 18.7. The van der Waals surface area contributed by atoms with Gasteiger partial charge in [-0.05, 0) is 58.1 Å². The fourth-order valence-electron chi connectivity index (χ4n) is 3.99. The molecule has 1 atom stereocenters. The third kappa shape index (κ3) is 8.66. The SMILES string of the molecule is C=C.C=C.Cc1cc(C)c(C(=O)P(=O)(C[Si](C)(C)O[Si](C)(C)CCl)c2ccccc2)c(C)c1. The van der Waals surface area contributed by atoms with Gasteiger partial charge < -0.3 is 8.68 Å². The number of alkyl halides is 1. The summed E-state index contributed by atoms with van der Waals surface area (Å²) in [6.45, 7) is 26.1. The molecule has 0 saturated carbocycles. The van der Waals surface area contributed by atoms with Crippen LogP contribution in [0.2, 0.25) is 26.2 Å². The van der Waals surface area contributed by atoms with E-state index in [0.29, 0.717) is 16.4 Å². The number of hydrogen-bond acceptors (Lipinski definition) is 3. The molecule has 0 aromatic heterocycles. The molecule has 0 heterocycles. The third-order valence-electron chi connectivity index (χ3n) is 4.87. The van der Waals surface area contributed by atoms with Crippen molar-refractivity contribution >= 4 is 46.2 Å². The van der Waals surface area contributed by atoms with Gasteiger partial charge in [0.25, 0.3) is 0 Å². The molecule has 0 aliphatic heterocycles. The maximum atomic E-state index is 14.5. The van der Waals surface area contributed by atoms with Crippen LogP contribution in [-0.4, -0.2) is 33.4 Å². The Morgan fingerprint density at radius 1 is 0.909 bits per heavy atom. The second-order valence-corrected chi connectivity index (χ2v) is 21.7. The van der Waals surface area contributed by atoms with Gasteiger partial charge in [0.1, 0.15) is 0 Å². The fourth-order valence-corrected chi connectivity index (χ4v) is 18.7. The summed E-state index contributed by atoms with van der Waals surface area (Å²) in [6.07, 6.45) is 0. The lowest BCUT2D eigenvalue weighted by atomic mass is 10.0. The quantitative estimate of drug-likeness (QED) is 0.154. The molecule has 0 spiro atoms. The highest BCUT2D eigenvalue weighted by Crippen LogP contribution is 2.51. The number of benzene rings is 2. The fraction of sp³-hybridized carbons (Fsp3) is 0.346. The maximum absolute atomic E-state index is 14.5. The van der Waals surface area contributed by atoms with Crippen molar-refractivity contribution in [3.63, 3.8) is 0 Å². The molecule has 0 aliphatic rings. The monoisotopic (exact) mass is 522 g/mol. The molecule has 0 saturated heterocycles. The van der Waals surface area contributed by atoms with Crippen LogP contribution in [0.3, 0.4) is 0 Å². The summed E-state index contributed by atoms with van der Waals surface area (Å²) in [5.41, 5.74) is 3.65. The highest BCUT2D eigenvalue weighted by atomic mass is 35.5. The van der Waals surface area contributed by atoms with Crippen LogP contribution in [0.15, 0.2) is 68.8 Å². The van der Waals surface area contributed by atoms with Crippen LogP contribution in [0.4, 0.5) is 0 Å². The second-order valence-electron chi connectivity index (χ2n) is 9.07. The molecule has 2 rings (SSSR count). The topological polar surface area (TPSA) is 43.4 Å². The number of carbonyl (C=O) groups is 1. The van der Waals surface area contributed by atoms with Crippen LogP contribution in [0.5, 0.6) is 0 Å². The molecular formula is C26H40ClO3PSi2. The van der Waals surface area contributed by atoms with Gasteiger partial charge in [-0.2, -0.15) is 0 Å². The summed E-state index contributed by atoms with van der Waals surface area (Å²) in [7, 11) is -7.88. The van der Waals surface area contributed by atoms with Crippen molar-refractivity contribution in [3.8, 4) is 0 Å². The van der Waals surface area contributed by atoms with Crippen LogP contribution < -0.4 is 5.30 Å². The molecule has 0 fully saturated rings. The lowest BCUT2D eigenvalue weighted by Gasteiger charge is -2.35. The van der Waals surface area contributed by atoms with Crippen LogP contribution in [0, 0.1) is 20.8 Å². The normalized spacial score (nSPS) is 13.0. The average molecular weight is 523 g/mol. The first-order valence-electron chi connectivity index (χ1n) is 10.8. The van der Waals surface area contributed by atoms with Gasteiger partial charge in [-0.3, -0.25) is 4.79 Å². The molecular weight excluding hydrogens is 483 g/mol. The van der Waals surface area contributed by atoms with E-state index in [-0.39, 0.29) is 11.3 Å². The minimum Gasteiger partial charge on any atom is -0.454 e. The predicted molar refractivity (Wildman–Crippen MR) is 153 cm³/mol. The smallest absolute Gasteiger partial charge is 0.226 e. The Morgan fingerprint density at radius 3 is 1.79 bits per heavy atom. The molecule has 2 aromatic carbocycles.